The highest BCUT2D eigenvalue weighted by Crippen LogP contribution is 2.42. The van der Waals surface area contributed by atoms with Crippen LogP contribution in [0.15, 0.2) is 0 Å². The fraction of sp³-hybridized carbons (Fsp3) is 1.00. The molecule has 0 saturated carbocycles. The maximum absolute atomic E-state index is 12.1. The Hall–Kier alpha value is -0.690. The van der Waals surface area contributed by atoms with Gasteiger partial charge in [-0.15, -0.1) is 0 Å². The van der Waals surface area contributed by atoms with E-state index in [4.69, 9.17) is 104 Å². The second kappa shape index (κ2) is 81.5. The van der Waals surface area contributed by atoms with Crippen LogP contribution in [0.5, 0.6) is 0 Å². The largest absolute Gasteiger partial charge is 0.472 e. The van der Waals surface area contributed by atoms with Crippen LogP contribution in [0.1, 0.15) is 142 Å². The second-order valence-corrected chi connectivity index (χ2v) is 22.2. The molecule has 0 aliphatic rings. The van der Waals surface area contributed by atoms with Crippen molar-refractivity contribution < 1.29 is 113 Å². The maximum atomic E-state index is 12.1. The molecule has 0 aliphatic heterocycles. The summed E-state index contributed by atoms with van der Waals surface area (Å²) in [7, 11) is -4.23. The Balaban J connectivity index is 3.20. The third-order valence-corrected chi connectivity index (χ3v) is 14.0. The third kappa shape index (κ3) is 83.4. The number of ether oxygens (including phenoxy) is 20. The first kappa shape index (κ1) is 88.3. The van der Waals surface area contributed by atoms with E-state index in [2.05, 4.69) is 13.8 Å². The summed E-state index contributed by atoms with van der Waals surface area (Å²) in [5.41, 5.74) is 0. The fourth-order valence-corrected chi connectivity index (χ4v) is 8.69. The number of hydrogen-bond donors (Lipinski definition) is 1. The Labute approximate surface area is 539 Å². The van der Waals surface area contributed by atoms with Gasteiger partial charge in [0.05, 0.1) is 264 Å². The molecule has 0 aromatic carbocycles. The molecule has 0 amide bonds. The molecule has 0 radical (unpaired) electrons. The molecule has 0 atom stereocenters. The normalized spacial score (nSPS) is 12.0. The molecule has 25 heteroatoms. The quantitative estimate of drug-likeness (QED) is 0.0440. The lowest BCUT2D eigenvalue weighted by molar-refractivity contribution is -0.0272. The van der Waals surface area contributed by atoms with Gasteiger partial charge in [-0.3, -0.25) is 9.05 Å². The molecular formula is C64H131O24P. The molecule has 0 spiro atoms. The molecule has 0 fully saturated rings. The average Bonchev–Trinajstić information content (AvgIpc) is 3.55. The van der Waals surface area contributed by atoms with Crippen LogP contribution in [-0.4, -0.2) is 282 Å². The van der Waals surface area contributed by atoms with Gasteiger partial charge in [-0.05, 0) is 12.8 Å². The van der Waals surface area contributed by atoms with E-state index in [1.165, 1.54) is 116 Å². The van der Waals surface area contributed by atoms with E-state index in [9.17, 15) is 9.46 Å². The molecule has 24 nitrogen and oxygen atoms in total. The van der Waals surface area contributed by atoms with Gasteiger partial charge < -0.3 is 99.6 Å². The predicted octanol–water partition coefficient (Wildman–Crippen LogP) is 9.29. The Bertz CT molecular complexity index is 1220. The topological polar surface area (TPSA) is 240 Å². The van der Waals surface area contributed by atoms with Crippen molar-refractivity contribution in [1.82, 2.24) is 0 Å². The van der Waals surface area contributed by atoms with Crippen LogP contribution < -0.4 is 0 Å². The maximum Gasteiger partial charge on any atom is 0.472 e. The summed E-state index contributed by atoms with van der Waals surface area (Å²) in [5, 5.41) is 0. The summed E-state index contributed by atoms with van der Waals surface area (Å²) in [6.45, 7) is 23.2. The van der Waals surface area contributed by atoms with Gasteiger partial charge >= 0.3 is 7.82 Å². The zero-order chi connectivity index (χ0) is 63.9. The minimum Gasteiger partial charge on any atom is -0.379 e. The van der Waals surface area contributed by atoms with Crippen molar-refractivity contribution in [1.29, 1.82) is 0 Å². The third-order valence-electron chi connectivity index (χ3n) is 12.9. The number of phosphoric acid groups is 1. The minimum atomic E-state index is -4.23. The molecule has 0 unspecified atom stereocenters. The van der Waals surface area contributed by atoms with E-state index in [0.29, 0.717) is 238 Å². The van der Waals surface area contributed by atoms with Crippen molar-refractivity contribution in [3.63, 3.8) is 0 Å². The predicted molar refractivity (Wildman–Crippen MR) is 342 cm³/mol. The Kier molecular flexibility index (Phi) is 80.9. The number of rotatable bonds is 84. The van der Waals surface area contributed by atoms with Gasteiger partial charge in [-0.1, -0.05) is 129 Å². The van der Waals surface area contributed by atoms with Crippen molar-refractivity contribution in [2.24, 2.45) is 0 Å². The Morgan fingerprint density at radius 3 is 0.427 bits per heavy atom. The zero-order valence-electron chi connectivity index (χ0n) is 56.1. The van der Waals surface area contributed by atoms with Crippen molar-refractivity contribution >= 4 is 7.82 Å². The van der Waals surface area contributed by atoms with Gasteiger partial charge in [-0.25, -0.2) is 4.57 Å². The van der Waals surface area contributed by atoms with Crippen LogP contribution in [0.3, 0.4) is 0 Å². The number of unbranched alkanes of at least 4 members (excludes halogenated alkanes) is 18. The molecule has 1 N–H and O–H groups in total. The highest BCUT2D eigenvalue weighted by molar-refractivity contribution is 7.47. The van der Waals surface area contributed by atoms with E-state index >= 15 is 0 Å². The van der Waals surface area contributed by atoms with Crippen LogP contribution in [0, 0.1) is 0 Å². The summed E-state index contributed by atoms with van der Waals surface area (Å²) in [4.78, 5) is 9.85. The average molecular weight is 1320 g/mol. The molecule has 0 saturated heterocycles. The lowest BCUT2D eigenvalue weighted by atomic mass is 10.1. The zero-order valence-corrected chi connectivity index (χ0v) is 57.0. The van der Waals surface area contributed by atoms with Crippen molar-refractivity contribution in [3.8, 4) is 0 Å². The first-order chi connectivity index (χ1) is 44.1. The van der Waals surface area contributed by atoms with E-state index in [1.807, 2.05) is 0 Å². The van der Waals surface area contributed by atoms with Crippen LogP contribution in [0.4, 0.5) is 0 Å². The van der Waals surface area contributed by atoms with Gasteiger partial charge in [0.15, 0.2) is 0 Å². The number of phosphoric ester groups is 1. The summed E-state index contributed by atoms with van der Waals surface area (Å²) in [6, 6.07) is 0. The highest BCUT2D eigenvalue weighted by Gasteiger charge is 2.20. The summed E-state index contributed by atoms with van der Waals surface area (Å²) >= 11 is 0. The highest BCUT2D eigenvalue weighted by atomic mass is 31.2. The summed E-state index contributed by atoms with van der Waals surface area (Å²) in [6.07, 6.45) is 26.6. The second-order valence-electron chi connectivity index (χ2n) is 20.7. The molecule has 0 aromatic rings. The van der Waals surface area contributed by atoms with Crippen LogP contribution in [0.2, 0.25) is 0 Å². The smallest absolute Gasteiger partial charge is 0.379 e. The molecule has 89 heavy (non-hydrogen) atoms. The SMILES string of the molecule is CCCCCCCCCCCCOCCOCCOCCOCCOCCOCCOCCOCCOCCOCCOP(=O)(O)OCCOCCOCCOCCOCCOCCOCCOCCOCCOCCOCCCCCCCCCCCC. The molecule has 0 bridgehead atoms. The molecule has 536 valence electrons. The van der Waals surface area contributed by atoms with Crippen molar-refractivity contribution in [2.75, 3.05) is 277 Å². The van der Waals surface area contributed by atoms with Gasteiger partial charge in [0.1, 0.15) is 0 Å². The molecule has 0 aromatic heterocycles. The van der Waals surface area contributed by atoms with Gasteiger partial charge in [-0.2, -0.15) is 0 Å². The lowest BCUT2D eigenvalue weighted by Gasteiger charge is -2.12. The van der Waals surface area contributed by atoms with Gasteiger partial charge in [0, 0.05) is 13.2 Å². The lowest BCUT2D eigenvalue weighted by Crippen LogP contribution is -2.15. The van der Waals surface area contributed by atoms with E-state index in [1.54, 1.807) is 0 Å². The molecular weight excluding hydrogens is 1180 g/mol. The van der Waals surface area contributed by atoms with Crippen molar-refractivity contribution in [2.45, 2.75) is 142 Å². The fourth-order valence-electron chi connectivity index (χ4n) is 8.01. The summed E-state index contributed by atoms with van der Waals surface area (Å²) < 4.78 is 132. The molecule has 0 heterocycles. The molecule has 0 rings (SSSR count). The Morgan fingerprint density at radius 1 is 0.169 bits per heavy atom. The van der Waals surface area contributed by atoms with Gasteiger partial charge in [0.25, 0.3) is 0 Å². The van der Waals surface area contributed by atoms with E-state index < -0.39 is 7.82 Å². The first-order valence-electron chi connectivity index (χ1n) is 34.3. The monoisotopic (exact) mass is 1310 g/mol. The van der Waals surface area contributed by atoms with Crippen LogP contribution >= 0.6 is 7.82 Å². The van der Waals surface area contributed by atoms with Crippen LogP contribution in [0.25, 0.3) is 0 Å². The van der Waals surface area contributed by atoms with Crippen LogP contribution in [-0.2, 0) is 108 Å². The number of hydrogen-bond acceptors (Lipinski definition) is 23. The van der Waals surface area contributed by atoms with Gasteiger partial charge in [0.2, 0.25) is 0 Å². The summed E-state index contributed by atoms with van der Waals surface area (Å²) in [5.74, 6) is 0. The molecule has 0 aliphatic carbocycles. The minimum absolute atomic E-state index is 0.0990. The van der Waals surface area contributed by atoms with Crippen molar-refractivity contribution in [3.05, 3.63) is 0 Å². The van der Waals surface area contributed by atoms with E-state index in [-0.39, 0.29) is 26.4 Å². The van der Waals surface area contributed by atoms with E-state index in [0.717, 1.165) is 26.1 Å². The Morgan fingerprint density at radius 2 is 0.281 bits per heavy atom. The standard InChI is InChI=1S/C64H131O24P/c1-3-5-7-9-11-13-15-17-19-21-23-67-25-27-69-29-31-71-33-35-73-37-39-75-41-43-77-45-47-79-49-51-81-53-55-83-57-59-85-61-63-87-89(65,66)88-64-62-86-60-58-84-56-54-82-52-50-80-48-46-78-44-42-76-40-38-74-36-34-72-32-30-70-28-26-68-24-22-20-18-16-14-12-10-8-6-4-2/h3-64H2,1-2H3,(H,65,66). The first-order valence-corrected chi connectivity index (χ1v) is 35.8.